The topological polar surface area (TPSA) is 35.2 Å². The number of hydrogen-bond acceptors (Lipinski definition) is 2. The predicted octanol–water partition coefficient (Wildman–Crippen LogP) is 1.57. The number of halogens is 1. The summed E-state index contributed by atoms with van der Waals surface area (Å²) in [6, 6.07) is 0.279. The predicted molar refractivity (Wildman–Crippen MR) is 49.0 cm³/mol. The Bertz CT molecular complexity index is 110. The van der Waals surface area contributed by atoms with Gasteiger partial charge in [0, 0.05) is 13.2 Å². The molecule has 0 aromatic heterocycles. The molecule has 0 amide bonds. The van der Waals surface area contributed by atoms with E-state index in [-0.39, 0.29) is 18.4 Å². The Morgan fingerprint density at radius 1 is 1.36 bits per heavy atom. The first kappa shape index (κ1) is 11.2. The molecule has 2 nitrogen and oxygen atoms in total. The highest BCUT2D eigenvalue weighted by molar-refractivity contribution is 5.85. The lowest BCUT2D eigenvalue weighted by molar-refractivity contribution is 0.0381. The second-order valence-corrected chi connectivity index (χ2v) is 3.36. The summed E-state index contributed by atoms with van der Waals surface area (Å²) in [4.78, 5) is 0. The highest BCUT2D eigenvalue weighted by Crippen LogP contribution is 2.24. The Labute approximate surface area is 74.9 Å². The molecule has 0 radical (unpaired) electrons. The van der Waals surface area contributed by atoms with Gasteiger partial charge >= 0.3 is 0 Å². The van der Waals surface area contributed by atoms with E-state index in [1.165, 1.54) is 6.42 Å². The molecule has 0 heterocycles. The van der Waals surface area contributed by atoms with Crippen LogP contribution in [0.5, 0.6) is 0 Å². The van der Waals surface area contributed by atoms with Crippen LogP contribution < -0.4 is 5.73 Å². The van der Waals surface area contributed by atoms with Gasteiger partial charge in [-0.15, -0.1) is 12.4 Å². The summed E-state index contributed by atoms with van der Waals surface area (Å²) in [5, 5.41) is 0. The van der Waals surface area contributed by atoms with Gasteiger partial charge in [-0.3, -0.25) is 0 Å². The second kappa shape index (κ2) is 4.96. The van der Waals surface area contributed by atoms with E-state index < -0.39 is 0 Å². The van der Waals surface area contributed by atoms with Crippen LogP contribution >= 0.6 is 12.4 Å². The zero-order valence-corrected chi connectivity index (χ0v) is 8.06. The Morgan fingerprint density at radius 3 is 2.45 bits per heavy atom. The molecule has 11 heavy (non-hydrogen) atoms. The van der Waals surface area contributed by atoms with Gasteiger partial charge < -0.3 is 10.5 Å². The van der Waals surface area contributed by atoms with Gasteiger partial charge in [0.1, 0.15) is 0 Å². The fourth-order valence-corrected chi connectivity index (χ4v) is 1.62. The van der Waals surface area contributed by atoms with Crippen molar-refractivity contribution in [3.8, 4) is 0 Å². The van der Waals surface area contributed by atoms with Crippen molar-refractivity contribution in [2.24, 2.45) is 11.7 Å². The van der Waals surface area contributed by atoms with E-state index in [0.29, 0.717) is 6.10 Å². The van der Waals surface area contributed by atoms with Gasteiger partial charge in [0.2, 0.25) is 0 Å². The lowest BCUT2D eigenvalue weighted by Gasteiger charge is -2.31. The molecule has 1 aliphatic rings. The molecular formula is C8H18ClNO. The first-order valence-electron chi connectivity index (χ1n) is 4.02. The minimum atomic E-state index is 0. The van der Waals surface area contributed by atoms with Crippen LogP contribution in [0.3, 0.4) is 0 Å². The van der Waals surface area contributed by atoms with Gasteiger partial charge in [0.15, 0.2) is 0 Å². The summed E-state index contributed by atoms with van der Waals surface area (Å²) in [6.07, 6.45) is 3.84. The van der Waals surface area contributed by atoms with Gasteiger partial charge in [-0.2, -0.15) is 0 Å². The number of rotatable bonds is 1. The van der Waals surface area contributed by atoms with Crippen LogP contribution in [0.2, 0.25) is 0 Å². The summed E-state index contributed by atoms with van der Waals surface area (Å²) < 4.78 is 5.25. The minimum absolute atomic E-state index is 0. The molecule has 0 aromatic rings. The van der Waals surface area contributed by atoms with Gasteiger partial charge in [0.25, 0.3) is 0 Å². The van der Waals surface area contributed by atoms with E-state index in [2.05, 4.69) is 6.92 Å². The SMILES string of the molecule is COC1CC(C)CCC1N.Cl. The molecule has 1 saturated carbocycles. The fraction of sp³-hybridized carbons (Fsp3) is 1.00. The lowest BCUT2D eigenvalue weighted by Crippen LogP contribution is -2.40. The Balaban J connectivity index is 0.000001000. The monoisotopic (exact) mass is 179 g/mol. The smallest absolute Gasteiger partial charge is 0.0724 e. The zero-order chi connectivity index (χ0) is 7.56. The summed E-state index contributed by atoms with van der Waals surface area (Å²) in [5.74, 6) is 0.796. The van der Waals surface area contributed by atoms with Crippen LogP contribution in [0.25, 0.3) is 0 Å². The third-order valence-electron chi connectivity index (χ3n) is 2.41. The average molecular weight is 180 g/mol. The maximum atomic E-state index is 5.83. The van der Waals surface area contributed by atoms with Crippen molar-refractivity contribution < 1.29 is 4.74 Å². The number of ether oxygens (including phenoxy) is 1. The zero-order valence-electron chi connectivity index (χ0n) is 7.25. The molecular weight excluding hydrogens is 162 g/mol. The van der Waals surface area contributed by atoms with Gasteiger partial charge in [-0.25, -0.2) is 0 Å². The van der Waals surface area contributed by atoms with Gasteiger partial charge in [-0.05, 0) is 25.2 Å². The van der Waals surface area contributed by atoms with Crippen molar-refractivity contribution in [3.05, 3.63) is 0 Å². The van der Waals surface area contributed by atoms with Crippen molar-refractivity contribution in [2.75, 3.05) is 7.11 Å². The maximum Gasteiger partial charge on any atom is 0.0724 e. The molecule has 3 atom stereocenters. The van der Waals surface area contributed by atoms with E-state index in [1.807, 2.05) is 0 Å². The van der Waals surface area contributed by atoms with Crippen molar-refractivity contribution in [3.63, 3.8) is 0 Å². The lowest BCUT2D eigenvalue weighted by atomic mass is 9.85. The molecule has 0 aromatic carbocycles. The van der Waals surface area contributed by atoms with Crippen LogP contribution in [-0.2, 0) is 4.74 Å². The number of methoxy groups -OCH3 is 1. The Hall–Kier alpha value is 0.210. The highest BCUT2D eigenvalue weighted by Gasteiger charge is 2.25. The minimum Gasteiger partial charge on any atom is -0.380 e. The first-order chi connectivity index (χ1) is 4.74. The van der Waals surface area contributed by atoms with Crippen LogP contribution in [0.15, 0.2) is 0 Å². The van der Waals surface area contributed by atoms with Gasteiger partial charge in [0.05, 0.1) is 6.10 Å². The number of hydrogen-bond donors (Lipinski definition) is 1. The van der Waals surface area contributed by atoms with E-state index in [0.717, 1.165) is 18.8 Å². The van der Waals surface area contributed by atoms with E-state index >= 15 is 0 Å². The van der Waals surface area contributed by atoms with Crippen LogP contribution in [0.1, 0.15) is 26.2 Å². The van der Waals surface area contributed by atoms with Crippen LogP contribution in [0, 0.1) is 5.92 Å². The fourth-order valence-electron chi connectivity index (χ4n) is 1.62. The summed E-state index contributed by atoms with van der Waals surface area (Å²) in [6.45, 7) is 2.26. The van der Waals surface area contributed by atoms with Crippen molar-refractivity contribution >= 4 is 12.4 Å². The number of nitrogens with two attached hydrogens (primary N) is 1. The molecule has 0 bridgehead atoms. The summed E-state index contributed by atoms with van der Waals surface area (Å²) in [5.41, 5.74) is 5.83. The second-order valence-electron chi connectivity index (χ2n) is 3.36. The normalized spacial score (nSPS) is 37.9. The highest BCUT2D eigenvalue weighted by atomic mass is 35.5. The average Bonchev–Trinajstić information content (AvgIpc) is 1.94. The van der Waals surface area contributed by atoms with Gasteiger partial charge in [-0.1, -0.05) is 6.92 Å². The van der Waals surface area contributed by atoms with E-state index in [1.54, 1.807) is 7.11 Å². The van der Waals surface area contributed by atoms with E-state index in [9.17, 15) is 0 Å². The van der Waals surface area contributed by atoms with Crippen molar-refractivity contribution in [2.45, 2.75) is 38.3 Å². The molecule has 2 N–H and O–H groups in total. The third kappa shape index (κ3) is 2.97. The third-order valence-corrected chi connectivity index (χ3v) is 2.41. The largest absolute Gasteiger partial charge is 0.380 e. The van der Waals surface area contributed by atoms with Crippen LogP contribution in [-0.4, -0.2) is 19.3 Å². The quantitative estimate of drug-likeness (QED) is 0.664. The molecule has 3 heteroatoms. The molecule has 3 unspecified atom stereocenters. The maximum absolute atomic E-state index is 5.83. The molecule has 0 saturated heterocycles. The van der Waals surface area contributed by atoms with Crippen LogP contribution in [0.4, 0.5) is 0 Å². The Kier molecular flexibility index (Phi) is 5.06. The first-order valence-corrected chi connectivity index (χ1v) is 4.02. The summed E-state index contributed by atoms with van der Waals surface area (Å²) >= 11 is 0. The molecule has 1 fully saturated rings. The molecule has 0 aliphatic heterocycles. The molecule has 1 rings (SSSR count). The summed E-state index contributed by atoms with van der Waals surface area (Å²) in [7, 11) is 1.75. The van der Waals surface area contributed by atoms with Crippen molar-refractivity contribution in [1.29, 1.82) is 0 Å². The molecule has 68 valence electrons. The molecule has 1 aliphatic carbocycles. The van der Waals surface area contributed by atoms with E-state index in [4.69, 9.17) is 10.5 Å². The standard InChI is InChI=1S/C8H17NO.ClH/c1-6-3-4-7(9)8(5-6)10-2;/h6-8H,3-5,9H2,1-2H3;1H. The molecule has 0 spiro atoms. The van der Waals surface area contributed by atoms with Crippen molar-refractivity contribution in [1.82, 2.24) is 0 Å². The Morgan fingerprint density at radius 2 is 2.00 bits per heavy atom.